The number of fused-ring (bicyclic) bond motifs is 1. The van der Waals surface area contributed by atoms with E-state index in [4.69, 9.17) is 7.85 Å². The topological polar surface area (TPSA) is 54.9 Å². The molecule has 0 amide bonds. The number of ketones is 1. The van der Waals surface area contributed by atoms with E-state index in [-0.39, 0.29) is 22.9 Å². The van der Waals surface area contributed by atoms with Crippen LogP contribution in [0.1, 0.15) is 36.8 Å². The third kappa shape index (κ3) is 3.20. The predicted octanol–water partition coefficient (Wildman–Crippen LogP) is 3.06. The monoisotopic (exact) mass is 285 g/mol. The summed E-state index contributed by atoms with van der Waals surface area (Å²) in [4.78, 5) is 20.7. The standard InChI is InChI=1S/C15H17BFN3O/c1-8-14(20-15(2,3)4)19-13-10(18-8)6-5-9(17)12(13)11(21)7-16/h5-6H,7H2,1-4H3,(H,19,20). The zero-order chi connectivity index (χ0) is 15.8. The minimum atomic E-state index is -0.627. The zero-order valence-corrected chi connectivity index (χ0v) is 12.6. The first kappa shape index (κ1) is 15.4. The van der Waals surface area contributed by atoms with Gasteiger partial charge in [-0.3, -0.25) is 4.79 Å². The molecule has 2 rings (SSSR count). The number of carbonyl (C=O) groups is 1. The number of hydrogen-bond acceptors (Lipinski definition) is 4. The van der Waals surface area contributed by atoms with Crippen LogP contribution in [0.25, 0.3) is 11.0 Å². The van der Waals surface area contributed by atoms with Gasteiger partial charge < -0.3 is 5.32 Å². The molecular weight excluding hydrogens is 268 g/mol. The van der Waals surface area contributed by atoms with Gasteiger partial charge in [0, 0.05) is 5.54 Å². The Bertz CT molecular complexity index is 710. The van der Waals surface area contributed by atoms with Gasteiger partial charge in [-0.25, -0.2) is 14.4 Å². The first-order valence-electron chi connectivity index (χ1n) is 6.71. The van der Waals surface area contributed by atoms with Gasteiger partial charge in [-0.1, -0.05) is 0 Å². The molecule has 21 heavy (non-hydrogen) atoms. The van der Waals surface area contributed by atoms with Crippen molar-refractivity contribution in [3.05, 3.63) is 29.2 Å². The SMILES string of the molecule is [B]CC(=O)c1c(F)ccc2nc(C)c(NC(C)(C)C)nc12. The van der Waals surface area contributed by atoms with Crippen LogP contribution in [-0.4, -0.2) is 29.1 Å². The molecule has 0 aliphatic carbocycles. The lowest BCUT2D eigenvalue weighted by atomic mass is 9.94. The first-order chi connectivity index (χ1) is 9.73. The van der Waals surface area contributed by atoms with E-state index in [9.17, 15) is 9.18 Å². The summed E-state index contributed by atoms with van der Waals surface area (Å²) >= 11 is 0. The molecule has 1 heterocycles. The minimum absolute atomic E-state index is 0.0977. The number of hydrogen-bond donors (Lipinski definition) is 1. The second kappa shape index (κ2) is 5.43. The number of halogens is 1. The third-order valence-electron chi connectivity index (χ3n) is 2.92. The number of nitrogens with zero attached hydrogens (tertiary/aromatic N) is 2. The summed E-state index contributed by atoms with van der Waals surface area (Å²) in [5.41, 5.74) is 1.08. The molecule has 0 atom stereocenters. The summed E-state index contributed by atoms with van der Waals surface area (Å²) in [5.74, 6) is -0.581. The molecule has 1 aromatic carbocycles. The number of benzene rings is 1. The molecule has 0 unspecified atom stereocenters. The van der Waals surface area contributed by atoms with E-state index in [0.29, 0.717) is 17.0 Å². The van der Waals surface area contributed by atoms with Crippen LogP contribution in [0.3, 0.4) is 0 Å². The second-order valence-electron chi connectivity index (χ2n) is 5.95. The average molecular weight is 285 g/mol. The fraction of sp³-hybridized carbons (Fsp3) is 0.400. The highest BCUT2D eigenvalue weighted by molar-refractivity contribution is 6.26. The Morgan fingerprint density at radius 3 is 2.57 bits per heavy atom. The van der Waals surface area contributed by atoms with E-state index in [1.165, 1.54) is 12.1 Å². The highest BCUT2D eigenvalue weighted by Gasteiger charge is 2.19. The molecule has 0 spiro atoms. The van der Waals surface area contributed by atoms with Crippen LogP contribution in [0.4, 0.5) is 10.2 Å². The van der Waals surface area contributed by atoms with Crippen LogP contribution in [-0.2, 0) is 0 Å². The summed E-state index contributed by atoms with van der Waals surface area (Å²) in [6, 6.07) is 2.73. The Morgan fingerprint density at radius 2 is 2.00 bits per heavy atom. The number of nitrogens with one attached hydrogen (secondary N) is 1. The highest BCUT2D eigenvalue weighted by atomic mass is 19.1. The molecule has 2 aromatic rings. The van der Waals surface area contributed by atoms with Crippen molar-refractivity contribution in [1.82, 2.24) is 9.97 Å². The molecule has 1 N–H and O–H groups in total. The lowest BCUT2D eigenvalue weighted by Gasteiger charge is -2.22. The Labute approximate surface area is 124 Å². The fourth-order valence-corrected chi connectivity index (χ4v) is 2.03. The number of Topliss-reactive ketones (excluding diaryl/α,β-unsaturated/α-hetero) is 1. The van der Waals surface area contributed by atoms with Gasteiger partial charge in [0.25, 0.3) is 0 Å². The second-order valence-corrected chi connectivity index (χ2v) is 5.95. The van der Waals surface area contributed by atoms with E-state index in [1.54, 1.807) is 0 Å². The molecule has 0 saturated heterocycles. The van der Waals surface area contributed by atoms with E-state index in [1.807, 2.05) is 27.7 Å². The molecule has 4 nitrogen and oxygen atoms in total. The van der Waals surface area contributed by atoms with Crippen LogP contribution in [0.15, 0.2) is 12.1 Å². The Kier molecular flexibility index (Phi) is 3.98. The van der Waals surface area contributed by atoms with Crippen LogP contribution in [0.2, 0.25) is 6.32 Å². The number of anilines is 1. The molecule has 0 saturated carbocycles. The van der Waals surface area contributed by atoms with E-state index in [2.05, 4.69) is 15.3 Å². The van der Waals surface area contributed by atoms with Crippen molar-refractivity contribution in [2.45, 2.75) is 39.6 Å². The number of aromatic nitrogens is 2. The molecular formula is C15H17BFN3O. The molecule has 2 radical (unpaired) electrons. The van der Waals surface area contributed by atoms with Gasteiger partial charge in [0.05, 0.1) is 24.6 Å². The Morgan fingerprint density at radius 1 is 1.33 bits per heavy atom. The summed E-state index contributed by atoms with van der Waals surface area (Å²) in [5, 5.41) is 3.21. The van der Waals surface area contributed by atoms with Crippen molar-refractivity contribution < 1.29 is 9.18 Å². The van der Waals surface area contributed by atoms with Gasteiger partial charge in [0.2, 0.25) is 0 Å². The van der Waals surface area contributed by atoms with Crippen molar-refractivity contribution >= 4 is 30.5 Å². The Balaban J connectivity index is 2.71. The van der Waals surface area contributed by atoms with Crippen molar-refractivity contribution in [2.24, 2.45) is 0 Å². The van der Waals surface area contributed by atoms with Crippen molar-refractivity contribution in [1.29, 1.82) is 0 Å². The molecule has 108 valence electrons. The predicted molar refractivity (Wildman–Crippen MR) is 82.5 cm³/mol. The quantitative estimate of drug-likeness (QED) is 0.695. The smallest absolute Gasteiger partial charge is 0.159 e. The molecule has 0 bridgehead atoms. The molecule has 6 heteroatoms. The fourth-order valence-electron chi connectivity index (χ4n) is 2.03. The van der Waals surface area contributed by atoms with Gasteiger partial charge in [-0.2, -0.15) is 0 Å². The van der Waals surface area contributed by atoms with Crippen LogP contribution in [0, 0.1) is 12.7 Å². The van der Waals surface area contributed by atoms with E-state index >= 15 is 0 Å². The van der Waals surface area contributed by atoms with Crippen LogP contribution < -0.4 is 5.32 Å². The summed E-state index contributed by atoms with van der Waals surface area (Å²) in [6.07, 6.45) is -0.270. The van der Waals surface area contributed by atoms with Crippen LogP contribution >= 0.6 is 0 Å². The van der Waals surface area contributed by atoms with E-state index in [0.717, 1.165) is 0 Å². The van der Waals surface area contributed by atoms with Gasteiger partial charge in [-0.05, 0) is 46.1 Å². The van der Waals surface area contributed by atoms with Gasteiger partial charge in [0.15, 0.2) is 5.78 Å². The lowest BCUT2D eigenvalue weighted by molar-refractivity contribution is 0.101. The van der Waals surface area contributed by atoms with Crippen LogP contribution in [0.5, 0.6) is 0 Å². The third-order valence-corrected chi connectivity index (χ3v) is 2.92. The Hall–Kier alpha value is -1.98. The first-order valence-corrected chi connectivity index (χ1v) is 6.71. The lowest BCUT2D eigenvalue weighted by Crippen LogP contribution is -2.27. The largest absolute Gasteiger partial charge is 0.364 e. The van der Waals surface area contributed by atoms with Crippen molar-refractivity contribution in [2.75, 3.05) is 5.32 Å². The molecule has 1 aromatic heterocycles. The van der Waals surface area contributed by atoms with Crippen molar-refractivity contribution in [3.8, 4) is 0 Å². The van der Waals surface area contributed by atoms with Crippen molar-refractivity contribution in [3.63, 3.8) is 0 Å². The maximum atomic E-state index is 14.0. The summed E-state index contributed by atoms with van der Waals surface area (Å²) in [7, 11) is 5.35. The maximum absolute atomic E-state index is 14.0. The van der Waals surface area contributed by atoms with E-state index < -0.39 is 11.6 Å². The molecule has 0 aliphatic rings. The number of carbonyl (C=O) groups excluding carboxylic acids is 1. The minimum Gasteiger partial charge on any atom is -0.364 e. The van der Waals surface area contributed by atoms with Gasteiger partial charge >= 0.3 is 0 Å². The number of rotatable bonds is 3. The maximum Gasteiger partial charge on any atom is 0.159 e. The van der Waals surface area contributed by atoms with Gasteiger partial charge in [0.1, 0.15) is 17.2 Å². The molecule has 0 fully saturated rings. The summed E-state index contributed by atoms with van der Waals surface area (Å²) < 4.78 is 14.0. The normalized spacial score (nSPS) is 11.7. The highest BCUT2D eigenvalue weighted by Crippen LogP contribution is 2.24. The summed E-state index contributed by atoms with van der Waals surface area (Å²) in [6.45, 7) is 7.76. The van der Waals surface area contributed by atoms with Gasteiger partial charge in [-0.15, -0.1) is 0 Å². The number of aryl methyl sites for hydroxylation is 1. The molecule has 0 aliphatic heterocycles. The zero-order valence-electron chi connectivity index (χ0n) is 12.6. The average Bonchev–Trinajstić information content (AvgIpc) is 2.38.